The molecular formula is C12H24O8S. The zero-order valence-electron chi connectivity index (χ0n) is 12.2. The minimum Gasteiger partial charge on any atom is -0.387 e. The van der Waals surface area contributed by atoms with Crippen molar-refractivity contribution >= 4 is 10.1 Å². The first-order chi connectivity index (χ1) is 9.82. The highest BCUT2D eigenvalue weighted by molar-refractivity contribution is 7.86. The van der Waals surface area contributed by atoms with Crippen molar-refractivity contribution in [2.24, 2.45) is 0 Å². The summed E-state index contributed by atoms with van der Waals surface area (Å²) >= 11 is 0. The maximum absolute atomic E-state index is 11.6. The molecule has 0 aromatic carbocycles. The second kappa shape index (κ2) is 8.37. The fraction of sp³-hybridized carbons (Fsp3) is 1.00. The van der Waals surface area contributed by atoms with E-state index in [1.807, 2.05) is 6.92 Å². The first-order valence-corrected chi connectivity index (χ1v) is 8.49. The Kier molecular flexibility index (Phi) is 7.48. The summed E-state index contributed by atoms with van der Waals surface area (Å²) in [6.07, 6.45) is -4.47. The summed E-state index contributed by atoms with van der Waals surface area (Å²) in [5.74, 6) is -0.109. The van der Waals surface area contributed by atoms with Crippen molar-refractivity contribution in [3.8, 4) is 0 Å². The van der Waals surface area contributed by atoms with Crippen LogP contribution in [0.2, 0.25) is 0 Å². The van der Waals surface area contributed by atoms with Gasteiger partial charge in [0.05, 0.1) is 12.4 Å². The molecule has 0 radical (unpaired) electrons. The van der Waals surface area contributed by atoms with Crippen LogP contribution < -0.4 is 0 Å². The van der Waals surface area contributed by atoms with Crippen molar-refractivity contribution < 1.29 is 37.4 Å². The lowest BCUT2D eigenvalue weighted by molar-refractivity contribution is -0.293. The highest BCUT2D eigenvalue weighted by Gasteiger charge is 2.44. The molecule has 0 amide bonds. The summed E-state index contributed by atoms with van der Waals surface area (Å²) in [4.78, 5) is 0. The maximum Gasteiger partial charge on any atom is 0.267 e. The van der Waals surface area contributed by atoms with Gasteiger partial charge in [-0.3, -0.25) is 4.18 Å². The van der Waals surface area contributed by atoms with Crippen molar-refractivity contribution in [1.82, 2.24) is 0 Å². The summed E-state index contributed by atoms with van der Waals surface area (Å²) in [5.41, 5.74) is 0. The van der Waals surface area contributed by atoms with E-state index in [-0.39, 0.29) is 5.75 Å². The summed E-state index contributed by atoms with van der Waals surface area (Å²) in [6, 6.07) is 0. The lowest BCUT2D eigenvalue weighted by Gasteiger charge is -2.39. The van der Waals surface area contributed by atoms with Crippen LogP contribution in [0.1, 0.15) is 26.2 Å². The van der Waals surface area contributed by atoms with Gasteiger partial charge in [0.1, 0.15) is 24.4 Å². The van der Waals surface area contributed by atoms with E-state index in [0.29, 0.717) is 6.42 Å². The van der Waals surface area contributed by atoms with Crippen LogP contribution >= 0.6 is 0 Å². The highest BCUT2D eigenvalue weighted by atomic mass is 32.2. The van der Waals surface area contributed by atoms with Gasteiger partial charge in [-0.2, -0.15) is 8.42 Å². The molecule has 0 spiro atoms. The van der Waals surface area contributed by atoms with E-state index in [1.54, 1.807) is 0 Å². The monoisotopic (exact) mass is 328 g/mol. The normalized spacial score (nSPS) is 34.0. The third-order valence-corrected chi connectivity index (χ3v) is 4.59. The Morgan fingerprint density at radius 3 is 2.33 bits per heavy atom. The number of rotatable bonds is 8. The van der Waals surface area contributed by atoms with Crippen LogP contribution in [0.25, 0.3) is 0 Å². The first kappa shape index (κ1) is 18.8. The Labute approximate surface area is 124 Å². The molecule has 0 aliphatic carbocycles. The van der Waals surface area contributed by atoms with Crippen LogP contribution in [-0.2, 0) is 23.8 Å². The summed E-state index contributed by atoms with van der Waals surface area (Å²) in [5, 5.41) is 29.0. The van der Waals surface area contributed by atoms with Gasteiger partial charge < -0.3 is 24.8 Å². The molecule has 0 saturated carbocycles. The van der Waals surface area contributed by atoms with Crippen LogP contribution in [0.15, 0.2) is 0 Å². The molecule has 0 bridgehead atoms. The zero-order valence-corrected chi connectivity index (χ0v) is 13.0. The van der Waals surface area contributed by atoms with Crippen LogP contribution in [0.4, 0.5) is 0 Å². The van der Waals surface area contributed by atoms with Crippen molar-refractivity contribution in [3.63, 3.8) is 0 Å². The van der Waals surface area contributed by atoms with E-state index in [1.165, 1.54) is 7.11 Å². The van der Waals surface area contributed by atoms with Crippen LogP contribution in [0.3, 0.4) is 0 Å². The van der Waals surface area contributed by atoms with Crippen LogP contribution in [0, 0.1) is 0 Å². The van der Waals surface area contributed by atoms with Gasteiger partial charge in [0.25, 0.3) is 10.1 Å². The van der Waals surface area contributed by atoms with Gasteiger partial charge in [-0.05, 0) is 6.42 Å². The number of aliphatic hydroxyl groups is 3. The molecule has 0 aromatic heterocycles. The van der Waals surface area contributed by atoms with Gasteiger partial charge in [-0.1, -0.05) is 19.8 Å². The third-order valence-electron chi connectivity index (χ3n) is 3.31. The SMILES string of the molecule is CCCCCS(=O)(=O)OC[C@H]1O[C@H](OC)[C@H](O)[C@@H](O)[C@@H]1O. The van der Waals surface area contributed by atoms with Crippen molar-refractivity contribution in [3.05, 3.63) is 0 Å². The molecule has 1 aliphatic heterocycles. The molecule has 0 aromatic rings. The summed E-state index contributed by atoms with van der Waals surface area (Å²) in [6.45, 7) is 1.51. The quantitative estimate of drug-likeness (QED) is 0.382. The molecule has 21 heavy (non-hydrogen) atoms. The van der Waals surface area contributed by atoms with Crippen LogP contribution in [-0.4, -0.2) is 73.9 Å². The number of methoxy groups -OCH3 is 1. The minimum absolute atomic E-state index is 0.109. The fourth-order valence-corrected chi connectivity index (χ4v) is 3.02. The largest absolute Gasteiger partial charge is 0.387 e. The van der Waals surface area contributed by atoms with Gasteiger partial charge in [-0.15, -0.1) is 0 Å². The van der Waals surface area contributed by atoms with Gasteiger partial charge >= 0.3 is 0 Å². The van der Waals surface area contributed by atoms with E-state index >= 15 is 0 Å². The molecule has 0 unspecified atom stereocenters. The topological polar surface area (TPSA) is 123 Å². The number of ether oxygens (including phenoxy) is 2. The Balaban J connectivity index is 2.53. The number of aliphatic hydroxyl groups excluding tert-OH is 3. The number of hydrogen-bond acceptors (Lipinski definition) is 8. The third kappa shape index (κ3) is 5.44. The second-order valence-electron chi connectivity index (χ2n) is 5.00. The lowest BCUT2D eigenvalue weighted by Crippen LogP contribution is -2.59. The first-order valence-electron chi connectivity index (χ1n) is 6.92. The van der Waals surface area contributed by atoms with Gasteiger partial charge in [-0.25, -0.2) is 0 Å². The molecular weight excluding hydrogens is 304 g/mol. The Hall–Kier alpha value is -0.290. The number of unbranched alkanes of at least 4 members (excludes halogenated alkanes) is 2. The highest BCUT2D eigenvalue weighted by Crippen LogP contribution is 2.22. The molecule has 1 heterocycles. The average molecular weight is 328 g/mol. The smallest absolute Gasteiger partial charge is 0.267 e. The molecule has 126 valence electrons. The zero-order chi connectivity index (χ0) is 16.0. The minimum atomic E-state index is -3.71. The predicted octanol–water partition coefficient (Wildman–Crippen LogP) is -1.02. The van der Waals surface area contributed by atoms with E-state index in [2.05, 4.69) is 0 Å². The summed E-state index contributed by atoms with van der Waals surface area (Å²) in [7, 11) is -2.45. The molecule has 5 atom stereocenters. The van der Waals surface area contributed by atoms with Crippen LogP contribution in [0.5, 0.6) is 0 Å². The average Bonchev–Trinajstić information content (AvgIpc) is 2.44. The number of hydrogen-bond donors (Lipinski definition) is 3. The molecule has 1 saturated heterocycles. The molecule has 1 aliphatic rings. The van der Waals surface area contributed by atoms with Gasteiger partial charge in [0.15, 0.2) is 6.29 Å². The van der Waals surface area contributed by atoms with E-state index in [9.17, 15) is 23.7 Å². The Morgan fingerprint density at radius 1 is 1.10 bits per heavy atom. The van der Waals surface area contributed by atoms with Crippen molar-refractivity contribution in [2.45, 2.75) is 56.9 Å². The van der Waals surface area contributed by atoms with Crippen molar-refractivity contribution in [1.29, 1.82) is 0 Å². The van der Waals surface area contributed by atoms with E-state index in [4.69, 9.17) is 13.7 Å². The molecule has 3 N–H and O–H groups in total. The Bertz CT molecular complexity index is 396. The lowest BCUT2D eigenvalue weighted by atomic mass is 9.99. The predicted molar refractivity (Wildman–Crippen MR) is 73.0 cm³/mol. The maximum atomic E-state index is 11.6. The van der Waals surface area contributed by atoms with E-state index < -0.39 is 47.4 Å². The van der Waals surface area contributed by atoms with Crippen molar-refractivity contribution in [2.75, 3.05) is 19.5 Å². The fourth-order valence-electron chi connectivity index (χ4n) is 2.01. The van der Waals surface area contributed by atoms with Gasteiger partial charge in [0.2, 0.25) is 0 Å². The molecule has 1 rings (SSSR count). The summed E-state index contributed by atoms with van der Waals surface area (Å²) < 4.78 is 38.1. The molecule has 9 heteroatoms. The standard InChI is InChI=1S/C12H24O8S/c1-3-4-5-6-21(16,17)19-7-8-9(13)10(14)11(15)12(18-2)20-8/h8-15H,3-7H2,1-2H3/t8-,9-,10+,11-,12+/m1/s1. The Morgan fingerprint density at radius 2 is 1.76 bits per heavy atom. The van der Waals surface area contributed by atoms with Gasteiger partial charge in [0, 0.05) is 7.11 Å². The molecule has 8 nitrogen and oxygen atoms in total. The second-order valence-corrected chi connectivity index (χ2v) is 6.76. The van der Waals surface area contributed by atoms with E-state index in [0.717, 1.165) is 12.8 Å². The molecule has 1 fully saturated rings.